The predicted octanol–water partition coefficient (Wildman–Crippen LogP) is 4.00. The Bertz CT molecular complexity index is 1270. The van der Waals surface area contributed by atoms with Gasteiger partial charge in [0.05, 0.1) is 26.7 Å². The van der Waals surface area contributed by atoms with Gasteiger partial charge in [-0.3, -0.25) is 9.78 Å². The Morgan fingerprint density at radius 1 is 1.19 bits per heavy atom. The van der Waals surface area contributed by atoms with Crippen molar-refractivity contribution in [2.45, 2.75) is 50.3 Å². The van der Waals surface area contributed by atoms with Crippen LogP contribution in [0.2, 0.25) is 0 Å². The fourth-order valence-corrected chi connectivity index (χ4v) is 6.79. The SMILES string of the molecule is Cc1ccc2sc(C3CC4(CC(NC(=O)c5ccnc(CS(C)(=O)=O)c5)C4)C3)nc2c1. The largest absolute Gasteiger partial charge is 0.349 e. The lowest BCUT2D eigenvalue weighted by molar-refractivity contribution is -0.0187. The van der Waals surface area contributed by atoms with Crippen LogP contribution < -0.4 is 5.32 Å². The summed E-state index contributed by atoms with van der Waals surface area (Å²) < 4.78 is 24.2. The molecule has 6 nitrogen and oxygen atoms in total. The molecule has 0 atom stereocenters. The number of fused-ring (bicyclic) bond motifs is 1. The fourth-order valence-electron chi connectivity index (χ4n) is 5.05. The number of nitrogens with one attached hydrogen (secondary N) is 1. The van der Waals surface area contributed by atoms with Crippen LogP contribution in [-0.2, 0) is 15.6 Å². The van der Waals surface area contributed by atoms with Crippen LogP contribution in [0.15, 0.2) is 36.5 Å². The van der Waals surface area contributed by atoms with Gasteiger partial charge in [-0.2, -0.15) is 0 Å². The zero-order chi connectivity index (χ0) is 21.8. The quantitative estimate of drug-likeness (QED) is 0.628. The minimum atomic E-state index is -3.18. The topological polar surface area (TPSA) is 89.0 Å². The summed E-state index contributed by atoms with van der Waals surface area (Å²) in [4.78, 5) is 21.5. The number of hydrogen-bond donors (Lipinski definition) is 1. The minimum absolute atomic E-state index is 0.158. The van der Waals surface area contributed by atoms with E-state index in [1.165, 1.54) is 21.5 Å². The summed E-state index contributed by atoms with van der Waals surface area (Å²) in [6.07, 6.45) is 6.95. The molecule has 2 saturated carbocycles. The number of sulfone groups is 1. The first-order valence-corrected chi connectivity index (χ1v) is 13.4. The van der Waals surface area contributed by atoms with E-state index in [9.17, 15) is 13.2 Å². The van der Waals surface area contributed by atoms with Gasteiger partial charge in [0.25, 0.3) is 5.91 Å². The van der Waals surface area contributed by atoms with Crippen LogP contribution in [0.25, 0.3) is 10.2 Å². The molecule has 162 valence electrons. The van der Waals surface area contributed by atoms with Crippen molar-refractivity contribution in [2.75, 3.05) is 6.26 Å². The number of rotatable bonds is 5. The normalized spacial score (nSPS) is 25.2. The molecule has 1 spiro atoms. The van der Waals surface area contributed by atoms with E-state index < -0.39 is 9.84 Å². The third-order valence-corrected chi connectivity index (χ3v) is 8.47. The van der Waals surface area contributed by atoms with E-state index in [2.05, 4.69) is 35.4 Å². The Balaban J connectivity index is 1.16. The van der Waals surface area contributed by atoms with Crippen molar-refractivity contribution in [1.82, 2.24) is 15.3 Å². The second-order valence-electron chi connectivity index (χ2n) is 9.31. The monoisotopic (exact) mass is 455 g/mol. The Morgan fingerprint density at radius 3 is 2.71 bits per heavy atom. The summed E-state index contributed by atoms with van der Waals surface area (Å²) >= 11 is 1.81. The molecule has 8 heteroatoms. The van der Waals surface area contributed by atoms with Crippen LogP contribution in [0, 0.1) is 12.3 Å². The molecule has 3 aromatic rings. The Hall–Kier alpha value is -2.32. The van der Waals surface area contributed by atoms with Gasteiger partial charge >= 0.3 is 0 Å². The lowest BCUT2D eigenvalue weighted by Gasteiger charge is -2.57. The number of benzene rings is 1. The van der Waals surface area contributed by atoms with Gasteiger partial charge < -0.3 is 5.32 Å². The summed E-state index contributed by atoms with van der Waals surface area (Å²) in [5.74, 6) is 0.218. The van der Waals surface area contributed by atoms with Crippen molar-refractivity contribution in [3.8, 4) is 0 Å². The molecule has 0 unspecified atom stereocenters. The molecule has 2 fully saturated rings. The highest BCUT2D eigenvalue weighted by Crippen LogP contribution is 2.62. The number of nitrogens with zero attached hydrogens (tertiary/aromatic N) is 2. The molecule has 1 aromatic carbocycles. The maximum atomic E-state index is 12.6. The molecule has 1 N–H and O–H groups in total. The molecule has 2 heterocycles. The van der Waals surface area contributed by atoms with Gasteiger partial charge in [0.1, 0.15) is 0 Å². The zero-order valence-corrected chi connectivity index (χ0v) is 19.2. The van der Waals surface area contributed by atoms with E-state index in [1.807, 2.05) is 11.3 Å². The second kappa shape index (κ2) is 7.38. The Kier molecular flexibility index (Phi) is 4.90. The molecule has 2 aliphatic rings. The van der Waals surface area contributed by atoms with Crippen LogP contribution in [0.3, 0.4) is 0 Å². The van der Waals surface area contributed by atoms with Crippen LogP contribution >= 0.6 is 11.3 Å². The number of amides is 1. The first-order chi connectivity index (χ1) is 14.7. The number of carbonyl (C=O) groups excluding carboxylic acids is 1. The van der Waals surface area contributed by atoms with E-state index in [-0.39, 0.29) is 17.7 Å². The molecule has 0 bridgehead atoms. The number of pyridine rings is 1. The molecule has 5 rings (SSSR count). The molecule has 1 amide bonds. The van der Waals surface area contributed by atoms with Crippen LogP contribution in [0.1, 0.15) is 58.2 Å². The van der Waals surface area contributed by atoms with Crippen molar-refractivity contribution < 1.29 is 13.2 Å². The molecule has 0 aliphatic heterocycles. The molecule has 2 aliphatic carbocycles. The third-order valence-electron chi connectivity index (χ3n) is 6.45. The maximum absolute atomic E-state index is 12.6. The first-order valence-electron chi connectivity index (χ1n) is 10.5. The molecule has 0 radical (unpaired) electrons. The first kappa shape index (κ1) is 20.6. The smallest absolute Gasteiger partial charge is 0.251 e. The Morgan fingerprint density at radius 2 is 1.97 bits per heavy atom. The van der Waals surface area contributed by atoms with E-state index in [4.69, 9.17) is 4.98 Å². The molecular formula is C23H25N3O3S2. The third kappa shape index (κ3) is 4.23. The molecule has 0 saturated heterocycles. The van der Waals surface area contributed by atoms with E-state index in [0.717, 1.165) is 37.5 Å². The summed E-state index contributed by atoms with van der Waals surface area (Å²) in [6, 6.07) is 9.83. The van der Waals surface area contributed by atoms with E-state index >= 15 is 0 Å². The average Bonchev–Trinajstić information content (AvgIpc) is 3.03. The lowest BCUT2D eigenvalue weighted by Crippen LogP contribution is -2.55. The average molecular weight is 456 g/mol. The molecule has 31 heavy (non-hydrogen) atoms. The standard InChI is InChI=1S/C23H25N3O3S2/c1-14-3-4-20-19(7-14)26-22(30-20)16-9-23(10-16)11-18(12-23)25-21(27)15-5-6-24-17(8-15)13-31(2,28)29/h3-8,16,18H,9-13H2,1-2H3,(H,25,27). The van der Waals surface area contributed by atoms with Crippen molar-refractivity contribution in [2.24, 2.45) is 5.41 Å². The van der Waals surface area contributed by atoms with Crippen molar-refractivity contribution in [3.63, 3.8) is 0 Å². The highest BCUT2D eigenvalue weighted by Gasteiger charge is 2.54. The Labute approximate surface area is 186 Å². The summed E-state index contributed by atoms with van der Waals surface area (Å²) in [5, 5.41) is 4.34. The molecule has 2 aromatic heterocycles. The van der Waals surface area contributed by atoms with Gasteiger partial charge in [0.15, 0.2) is 9.84 Å². The number of carbonyl (C=O) groups is 1. The number of thiazole rings is 1. The highest BCUT2D eigenvalue weighted by atomic mass is 32.2. The van der Waals surface area contributed by atoms with Crippen LogP contribution in [0.5, 0.6) is 0 Å². The maximum Gasteiger partial charge on any atom is 0.251 e. The minimum Gasteiger partial charge on any atom is -0.349 e. The van der Waals surface area contributed by atoms with Crippen molar-refractivity contribution in [3.05, 3.63) is 58.4 Å². The zero-order valence-electron chi connectivity index (χ0n) is 17.6. The van der Waals surface area contributed by atoms with Gasteiger partial charge in [-0.1, -0.05) is 6.07 Å². The van der Waals surface area contributed by atoms with E-state index in [1.54, 1.807) is 12.1 Å². The van der Waals surface area contributed by atoms with Crippen LogP contribution in [0.4, 0.5) is 0 Å². The van der Waals surface area contributed by atoms with Crippen molar-refractivity contribution in [1.29, 1.82) is 0 Å². The van der Waals surface area contributed by atoms with Gasteiger partial charge in [0, 0.05) is 30.0 Å². The van der Waals surface area contributed by atoms with Gasteiger partial charge in [-0.25, -0.2) is 13.4 Å². The van der Waals surface area contributed by atoms with E-state index in [0.29, 0.717) is 22.6 Å². The van der Waals surface area contributed by atoms with Crippen molar-refractivity contribution >= 4 is 37.3 Å². The summed E-state index contributed by atoms with van der Waals surface area (Å²) in [7, 11) is -3.18. The number of aromatic nitrogens is 2. The highest BCUT2D eigenvalue weighted by molar-refractivity contribution is 7.89. The van der Waals surface area contributed by atoms with Gasteiger partial charge in [-0.15, -0.1) is 11.3 Å². The lowest BCUT2D eigenvalue weighted by atomic mass is 9.50. The molecular weight excluding hydrogens is 430 g/mol. The van der Waals surface area contributed by atoms with Gasteiger partial charge in [0.2, 0.25) is 0 Å². The van der Waals surface area contributed by atoms with Gasteiger partial charge in [-0.05, 0) is 67.9 Å². The number of hydrogen-bond acceptors (Lipinski definition) is 6. The summed E-state index contributed by atoms with van der Waals surface area (Å²) in [5.41, 5.74) is 3.55. The second-order valence-corrected chi connectivity index (χ2v) is 12.5. The predicted molar refractivity (Wildman–Crippen MR) is 122 cm³/mol. The number of aryl methyl sites for hydroxylation is 1. The fraction of sp³-hybridized carbons (Fsp3) is 0.435. The van der Waals surface area contributed by atoms with Crippen LogP contribution in [-0.4, -0.2) is 36.6 Å². The summed E-state index contributed by atoms with van der Waals surface area (Å²) in [6.45, 7) is 2.10.